The van der Waals surface area contributed by atoms with Crippen LogP contribution in [0, 0.1) is 13.8 Å². The highest BCUT2D eigenvalue weighted by molar-refractivity contribution is 5.92. The van der Waals surface area contributed by atoms with Gasteiger partial charge in [-0.1, -0.05) is 48.6 Å². The molecule has 2 rings (SSSR count). The van der Waals surface area contributed by atoms with Crippen LogP contribution in [0.15, 0.2) is 18.2 Å². The van der Waals surface area contributed by atoms with Gasteiger partial charge in [0.25, 0.3) is 0 Å². The van der Waals surface area contributed by atoms with Gasteiger partial charge >= 0.3 is 6.09 Å². The zero-order valence-electron chi connectivity index (χ0n) is 23.2. The number of rotatable bonds is 10. The molecule has 0 bridgehead atoms. The molecule has 0 aromatic heterocycles. The molecule has 0 saturated heterocycles. The first-order valence-corrected chi connectivity index (χ1v) is 13.3. The molecule has 0 radical (unpaired) electrons. The lowest BCUT2D eigenvalue weighted by Gasteiger charge is -2.35. The molecule has 4 N–H and O–H groups in total. The maximum absolute atomic E-state index is 13.9. The highest BCUT2D eigenvalue weighted by atomic mass is 16.6. The number of likely N-dealkylation sites (N-methyl/N-ethyl adjacent to an activating group) is 1. The molecule has 4 amide bonds. The van der Waals surface area contributed by atoms with Crippen LogP contribution in [0.2, 0.25) is 0 Å². The second-order valence-corrected chi connectivity index (χ2v) is 11.0. The van der Waals surface area contributed by atoms with Crippen LogP contribution >= 0.6 is 0 Å². The number of hydrogen-bond acceptors (Lipinski definition) is 5. The Kier molecular flexibility index (Phi) is 10.9. The molecule has 37 heavy (non-hydrogen) atoms. The van der Waals surface area contributed by atoms with Crippen LogP contribution in [-0.4, -0.2) is 52.9 Å². The number of aryl methyl sites for hydroxylation is 2. The number of nitrogens with zero attached hydrogens (tertiary/aromatic N) is 1. The van der Waals surface area contributed by atoms with Crippen LogP contribution in [-0.2, 0) is 19.1 Å². The number of ether oxygens (including phenoxy) is 1. The topological polar surface area (TPSA) is 131 Å². The Morgan fingerprint density at radius 2 is 1.65 bits per heavy atom. The summed E-state index contributed by atoms with van der Waals surface area (Å²) in [5, 5.41) is 5.77. The monoisotopic (exact) mass is 516 g/mol. The molecular weight excluding hydrogens is 472 g/mol. The summed E-state index contributed by atoms with van der Waals surface area (Å²) in [5.74, 6) is -1.32. The molecular formula is C28H44N4O5. The minimum Gasteiger partial charge on any atom is -0.444 e. The summed E-state index contributed by atoms with van der Waals surface area (Å²) in [7, 11) is 0. The third kappa shape index (κ3) is 9.70. The van der Waals surface area contributed by atoms with Gasteiger partial charge in [0.15, 0.2) is 0 Å². The largest absolute Gasteiger partial charge is 0.444 e. The summed E-state index contributed by atoms with van der Waals surface area (Å²) in [6.45, 7) is 11.1. The summed E-state index contributed by atoms with van der Waals surface area (Å²) >= 11 is 0. The third-order valence-electron chi connectivity index (χ3n) is 6.36. The van der Waals surface area contributed by atoms with Crippen molar-refractivity contribution in [2.45, 2.75) is 110 Å². The number of nitrogens with one attached hydrogen (secondary N) is 2. The quantitative estimate of drug-likeness (QED) is 0.435. The van der Waals surface area contributed by atoms with Crippen LogP contribution in [0.1, 0.15) is 95.4 Å². The Balaban J connectivity index is 2.42. The molecule has 9 heteroatoms. The average Bonchev–Trinajstić information content (AvgIpc) is 2.78. The molecule has 0 heterocycles. The number of carbonyl (C=O) groups is 4. The van der Waals surface area contributed by atoms with Gasteiger partial charge in [0.2, 0.25) is 17.7 Å². The first-order valence-electron chi connectivity index (χ1n) is 13.3. The minimum absolute atomic E-state index is 0.00623. The fourth-order valence-corrected chi connectivity index (χ4v) is 4.83. The summed E-state index contributed by atoms with van der Waals surface area (Å²) in [4.78, 5) is 53.2. The van der Waals surface area contributed by atoms with Crippen LogP contribution < -0.4 is 16.4 Å². The van der Waals surface area contributed by atoms with Crippen LogP contribution in [0.25, 0.3) is 0 Å². The lowest BCUT2D eigenvalue weighted by Crippen LogP contribution is -2.54. The van der Waals surface area contributed by atoms with Crippen LogP contribution in [0.4, 0.5) is 4.79 Å². The molecule has 9 nitrogen and oxygen atoms in total. The van der Waals surface area contributed by atoms with Crippen LogP contribution in [0.3, 0.4) is 0 Å². The summed E-state index contributed by atoms with van der Waals surface area (Å²) in [5.41, 5.74) is 7.23. The average molecular weight is 517 g/mol. The first-order chi connectivity index (χ1) is 17.3. The fourth-order valence-electron chi connectivity index (χ4n) is 4.83. The number of nitrogens with two attached hydrogens (primary N) is 1. The van der Waals surface area contributed by atoms with Gasteiger partial charge in [-0.3, -0.25) is 14.4 Å². The Morgan fingerprint density at radius 1 is 1.05 bits per heavy atom. The standard InChI is InChI=1S/C28H44N4O5/c1-7-32(26(35)22(13-14-23(29)33)31-27(36)37-28(4,5)6)24(20-16-18(2)15-19(3)17-20)25(34)30-21-11-9-8-10-12-21/h15-17,21-22,24H,7-14H2,1-6H3,(H2,29,33)(H,30,34)(H,31,36). The smallest absolute Gasteiger partial charge is 0.408 e. The first kappa shape index (κ1) is 30.1. The van der Waals surface area contributed by atoms with Gasteiger partial charge in [-0.15, -0.1) is 0 Å². The van der Waals surface area contributed by atoms with Crippen molar-refractivity contribution in [3.8, 4) is 0 Å². The van der Waals surface area contributed by atoms with E-state index in [2.05, 4.69) is 10.6 Å². The van der Waals surface area contributed by atoms with E-state index in [1.165, 1.54) is 4.90 Å². The van der Waals surface area contributed by atoms with Gasteiger partial charge in [-0.2, -0.15) is 0 Å². The number of benzene rings is 1. The highest BCUT2D eigenvalue weighted by Gasteiger charge is 2.36. The van der Waals surface area contributed by atoms with E-state index in [1.54, 1.807) is 27.7 Å². The predicted octanol–water partition coefficient (Wildman–Crippen LogP) is 3.80. The van der Waals surface area contributed by atoms with Crippen molar-refractivity contribution in [3.05, 3.63) is 34.9 Å². The maximum Gasteiger partial charge on any atom is 0.408 e. The van der Waals surface area contributed by atoms with Gasteiger partial charge in [0.1, 0.15) is 17.7 Å². The Bertz CT molecular complexity index is 946. The van der Waals surface area contributed by atoms with E-state index in [9.17, 15) is 19.2 Å². The molecule has 1 aliphatic carbocycles. The van der Waals surface area contributed by atoms with Gasteiger partial charge in [-0.25, -0.2) is 4.79 Å². The zero-order valence-corrected chi connectivity index (χ0v) is 23.2. The van der Waals surface area contributed by atoms with Crippen molar-refractivity contribution in [3.63, 3.8) is 0 Å². The van der Waals surface area contributed by atoms with E-state index in [4.69, 9.17) is 10.5 Å². The molecule has 1 saturated carbocycles. The maximum atomic E-state index is 13.9. The van der Waals surface area contributed by atoms with Crippen molar-refractivity contribution in [2.24, 2.45) is 5.73 Å². The van der Waals surface area contributed by atoms with E-state index in [-0.39, 0.29) is 31.3 Å². The molecule has 0 aliphatic heterocycles. The summed E-state index contributed by atoms with van der Waals surface area (Å²) in [6.07, 6.45) is 4.21. The number of alkyl carbamates (subject to hydrolysis) is 1. The molecule has 1 aromatic rings. The van der Waals surface area contributed by atoms with E-state index in [1.807, 2.05) is 32.0 Å². The fraction of sp³-hybridized carbons (Fsp3) is 0.643. The number of primary amides is 1. The summed E-state index contributed by atoms with van der Waals surface area (Å²) in [6, 6.07) is 3.92. The molecule has 1 aliphatic rings. The van der Waals surface area contributed by atoms with Gasteiger partial charge in [0.05, 0.1) is 0 Å². The lowest BCUT2D eigenvalue weighted by molar-refractivity contribution is -0.142. The predicted molar refractivity (Wildman–Crippen MR) is 143 cm³/mol. The van der Waals surface area contributed by atoms with E-state index in [0.717, 1.165) is 43.2 Å². The molecule has 0 spiro atoms. The van der Waals surface area contributed by atoms with Crippen molar-refractivity contribution in [2.75, 3.05) is 6.54 Å². The van der Waals surface area contributed by atoms with Crippen molar-refractivity contribution in [1.29, 1.82) is 0 Å². The Hall–Kier alpha value is -3.10. The normalized spacial score (nSPS) is 15.8. The van der Waals surface area contributed by atoms with E-state index in [0.29, 0.717) is 5.56 Å². The van der Waals surface area contributed by atoms with E-state index < -0.39 is 35.6 Å². The number of hydrogen-bond donors (Lipinski definition) is 3. The van der Waals surface area contributed by atoms with E-state index >= 15 is 0 Å². The Morgan fingerprint density at radius 3 is 2.16 bits per heavy atom. The molecule has 1 aromatic carbocycles. The van der Waals surface area contributed by atoms with Gasteiger partial charge in [0, 0.05) is 19.0 Å². The van der Waals surface area contributed by atoms with Gasteiger partial charge < -0.3 is 26.0 Å². The van der Waals surface area contributed by atoms with Crippen LogP contribution in [0.5, 0.6) is 0 Å². The molecule has 1 fully saturated rings. The zero-order chi connectivity index (χ0) is 27.8. The lowest BCUT2D eigenvalue weighted by atomic mass is 9.94. The molecule has 206 valence electrons. The highest BCUT2D eigenvalue weighted by Crippen LogP contribution is 2.27. The van der Waals surface area contributed by atoms with Crippen molar-refractivity contribution in [1.82, 2.24) is 15.5 Å². The van der Waals surface area contributed by atoms with Crippen molar-refractivity contribution < 1.29 is 23.9 Å². The number of carbonyl (C=O) groups excluding carboxylic acids is 4. The molecule has 2 atom stereocenters. The summed E-state index contributed by atoms with van der Waals surface area (Å²) < 4.78 is 5.35. The number of amides is 4. The Labute approximate surface area is 220 Å². The third-order valence-corrected chi connectivity index (χ3v) is 6.36. The SMILES string of the molecule is CCN(C(=O)C(CCC(N)=O)NC(=O)OC(C)(C)C)C(C(=O)NC1CCCCC1)c1cc(C)cc(C)c1. The minimum atomic E-state index is -1.09. The second-order valence-electron chi connectivity index (χ2n) is 11.0. The second kappa shape index (κ2) is 13.4. The van der Waals surface area contributed by atoms with Gasteiger partial charge in [-0.05, 0) is 66.4 Å². The van der Waals surface area contributed by atoms with Crippen molar-refractivity contribution >= 4 is 23.8 Å². The molecule has 2 unspecified atom stereocenters.